The Morgan fingerprint density at radius 2 is 1.78 bits per heavy atom. The molecule has 0 fully saturated rings. The summed E-state index contributed by atoms with van der Waals surface area (Å²) in [5, 5.41) is 6.44. The Hall–Kier alpha value is -2.94. The summed E-state index contributed by atoms with van der Waals surface area (Å²) in [6, 6.07) is 13.6. The van der Waals surface area contributed by atoms with E-state index in [1.165, 1.54) is 18.2 Å². The van der Waals surface area contributed by atoms with Crippen molar-refractivity contribution in [1.29, 1.82) is 0 Å². The van der Waals surface area contributed by atoms with Gasteiger partial charge in [-0.25, -0.2) is 0 Å². The molecule has 4 rings (SSSR count). The molecule has 3 aromatic rings. The molecule has 4 N–H and O–H groups in total. The zero-order valence-electron chi connectivity index (χ0n) is 14.8. The zero-order chi connectivity index (χ0) is 19.6. The van der Waals surface area contributed by atoms with Gasteiger partial charge in [-0.15, -0.1) is 0 Å². The molecule has 1 aromatic heterocycles. The second-order valence-electron chi connectivity index (χ2n) is 6.01. The zero-order valence-corrected chi connectivity index (χ0v) is 15.6. The Labute approximate surface area is 156 Å². The Kier molecular flexibility index (Phi) is 5.13. The van der Waals surface area contributed by atoms with E-state index in [-0.39, 0.29) is 10.8 Å². The van der Waals surface area contributed by atoms with Crippen molar-refractivity contribution in [3.63, 3.8) is 0 Å². The molecule has 1 amide bonds. The molecule has 8 heteroatoms. The van der Waals surface area contributed by atoms with Gasteiger partial charge in [0.25, 0.3) is 16.0 Å². The number of aromatic nitrogens is 1. The number of anilines is 1. The molecule has 0 atom stereocenters. The number of amides is 1. The Morgan fingerprint density at radius 3 is 2.44 bits per heavy atom. The average Bonchev–Trinajstić information content (AvgIpc) is 3.15. The van der Waals surface area contributed by atoms with Crippen LogP contribution in [0.25, 0.3) is 22.6 Å². The minimum absolute atomic E-state index is 0.250. The first-order valence-electron chi connectivity index (χ1n) is 8.14. The Bertz CT molecular complexity index is 1110. The van der Waals surface area contributed by atoms with E-state index in [2.05, 4.69) is 15.6 Å². The van der Waals surface area contributed by atoms with Gasteiger partial charge in [-0.1, -0.05) is 18.2 Å². The molecule has 1 aliphatic rings. The number of carbonyl (C=O) groups excluding carboxylic acids is 1. The molecule has 27 heavy (non-hydrogen) atoms. The third-order valence-electron chi connectivity index (χ3n) is 3.92. The van der Waals surface area contributed by atoms with Gasteiger partial charge in [-0.3, -0.25) is 9.35 Å². The van der Waals surface area contributed by atoms with Crippen LogP contribution in [0.5, 0.6) is 0 Å². The minimum atomic E-state index is -4.33. The fourth-order valence-electron chi connectivity index (χ4n) is 2.80. The van der Waals surface area contributed by atoms with E-state index < -0.39 is 10.1 Å². The first-order chi connectivity index (χ1) is 12.8. The highest BCUT2D eigenvalue weighted by atomic mass is 32.2. The van der Waals surface area contributed by atoms with E-state index in [1.54, 1.807) is 6.08 Å². The van der Waals surface area contributed by atoms with Gasteiger partial charge in [0.2, 0.25) is 0 Å². The minimum Gasteiger partial charge on any atom is -0.355 e. The van der Waals surface area contributed by atoms with Crippen LogP contribution < -0.4 is 10.6 Å². The number of hydrogen-bond donors (Lipinski definition) is 4. The highest BCUT2D eigenvalue weighted by Crippen LogP contribution is 2.35. The molecule has 0 unspecified atom stereocenters. The molecule has 0 saturated carbocycles. The second-order valence-corrected chi connectivity index (χ2v) is 7.43. The number of fused-ring (bicyclic) bond motifs is 2. The normalized spacial score (nSPS) is 14.6. The summed E-state index contributed by atoms with van der Waals surface area (Å²) in [5.74, 6) is -0.323. The van der Waals surface area contributed by atoms with Crippen molar-refractivity contribution in [3.8, 4) is 0 Å². The van der Waals surface area contributed by atoms with Gasteiger partial charge in [0.1, 0.15) is 0 Å². The smallest absolute Gasteiger partial charge is 0.294 e. The van der Waals surface area contributed by atoms with Crippen molar-refractivity contribution in [2.24, 2.45) is 0 Å². The fourth-order valence-corrected chi connectivity index (χ4v) is 3.31. The topological polar surface area (TPSA) is 111 Å². The van der Waals surface area contributed by atoms with Crippen LogP contribution in [-0.4, -0.2) is 38.0 Å². The van der Waals surface area contributed by atoms with E-state index in [0.29, 0.717) is 16.8 Å². The summed E-state index contributed by atoms with van der Waals surface area (Å²) in [4.78, 5) is 15.2. The van der Waals surface area contributed by atoms with Gasteiger partial charge in [0.05, 0.1) is 10.5 Å². The first-order valence-corrected chi connectivity index (χ1v) is 9.58. The number of aromatic amines is 1. The first kappa shape index (κ1) is 18.8. The van der Waals surface area contributed by atoms with Gasteiger partial charge in [-0.05, 0) is 55.9 Å². The van der Waals surface area contributed by atoms with E-state index >= 15 is 0 Å². The lowest BCUT2D eigenvalue weighted by molar-refractivity contribution is -0.110. The van der Waals surface area contributed by atoms with Gasteiger partial charge in [-0.2, -0.15) is 8.42 Å². The Morgan fingerprint density at radius 1 is 1.07 bits per heavy atom. The molecule has 0 radical (unpaired) electrons. The number of H-pyrrole nitrogens is 1. The van der Waals surface area contributed by atoms with Gasteiger partial charge < -0.3 is 15.6 Å². The predicted molar refractivity (Wildman–Crippen MR) is 106 cm³/mol. The lowest BCUT2D eigenvalue weighted by Gasteiger charge is -2.01. The van der Waals surface area contributed by atoms with Crippen molar-refractivity contribution >= 4 is 44.3 Å². The predicted octanol–water partition coefficient (Wildman–Crippen LogP) is 2.74. The molecule has 2 aromatic carbocycles. The van der Waals surface area contributed by atoms with Crippen LogP contribution in [0.15, 0.2) is 53.4 Å². The van der Waals surface area contributed by atoms with Crippen molar-refractivity contribution in [3.05, 3.63) is 59.8 Å². The fraction of sp³-hybridized carbons (Fsp3) is 0.105. The maximum atomic E-state index is 12.2. The standard InChI is InChI=1S/C17H12N2O4S.C2H7N/c20-17-14(8-11-7-10-3-1-2-4-15(10)18-11)13-9-12(24(21,22)23)5-6-16(13)19-17;1-3-2/h1-9,18H,(H,19,20)(H,21,22,23);3H,1-2H3. The van der Waals surface area contributed by atoms with E-state index in [1.807, 2.05) is 44.4 Å². The SMILES string of the molecule is CNC.O=C1Nc2ccc(S(=O)(=O)O)cc2C1=Cc1cc2ccccc2[nH]1. The molecule has 0 aliphatic carbocycles. The largest absolute Gasteiger partial charge is 0.355 e. The van der Waals surface area contributed by atoms with Crippen molar-refractivity contribution < 1.29 is 17.8 Å². The number of benzene rings is 2. The summed E-state index contributed by atoms with van der Waals surface area (Å²) >= 11 is 0. The second kappa shape index (κ2) is 7.36. The number of hydrogen-bond acceptors (Lipinski definition) is 4. The number of rotatable bonds is 2. The lowest BCUT2D eigenvalue weighted by Crippen LogP contribution is -2.03. The van der Waals surface area contributed by atoms with Gasteiger partial charge in [0, 0.05) is 22.5 Å². The maximum absolute atomic E-state index is 12.2. The molecule has 2 heterocycles. The van der Waals surface area contributed by atoms with Crippen LogP contribution in [0.3, 0.4) is 0 Å². The third-order valence-corrected chi connectivity index (χ3v) is 4.77. The van der Waals surface area contributed by atoms with Crippen LogP contribution in [0.4, 0.5) is 5.69 Å². The molecule has 7 nitrogen and oxygen atoms in total. The van der Waals surface area contributed by atoms with E-state index in [9.17, 15) is 17.8 Å². The summed E-state index contributed by atoms with van der Waals surface area (Å²) < 4.78 is 31.8. The van der Waals surface area contributed by atoms with Crippen molar-refractivity contribution in [1.82, 2.24) is 10.3 Å². The molecule has 0 spiro atoms. The Balaban J connectivity index is 0.000000659. The monoisotopic (exact) mass is 385 g/mol. The molecule has 0 saturated heterocycles. The molecule has 1 aliphatic heterocycles. The molecular formula is C19H19N3O4S. The van der Waals surface area contributed by atoms with Gasteiger partial charge >= 0.3 is 0 Å². The summed E-state index contributed by atoms with van der Waals surface area (Å²) in [6.07, 6.45) is 1.66. The van der Waals surface area contributed by atoms with Crippen LogP contribution in [0.1, 0.15) is 11.3 Å². The summed E-state index contributed by atoms with van der Waals surface area (Å²) in [7, 11) is -0.583. The van der Waals surface area contributed by atoms with Crippen LogP contribution in [-0.2, 0) is 14.9 Å². The van der Waals surface area contributed by atoms with Crippen LogP contribution >= 0.6 is 0 Å². The average molecular weight is 385 g/mol. The van der Waals surface area contributed by atoms with E-state index in [0.717, 1.165) is 16.6 Å². The van der Waals surface area contributed by atoms with Crippen molar-refractivity contribution in [2.75, 3.05) is 19.4 Å². The quantitative estimate of drug-likeness (QED) is 0.400. The van der Waals surface area contributed by atoms with Crippen LogP contribution in [0, 0.1) is 0 Å². The highest BCUT2D eigenvalue weighted by Gasteiger charge is 2.26. The lowest BCUT2D eigenvalue weighted by atomic mass is 10.1. The summed E-state index contributed by atoms with van der Waals surface area (Å²) in [5.41, 5.74) is 2.95. The number of nitrogens with one attached hydrogen (secondary N) is 3. The van der Waals surface area contributed by atoms with Crippen LogP contribution in [0.2, 0.25) is 0 Å². The summed E-state index contributed by atoms with van der Waals surface area (Å²) in [6.45, 7) is 0. The van der Waals surface area contributed by atoms with Gasteiger partial charge in [0.15, 0.2) is 0 Å². The third kappa shape index (κ3) is 3.92. The molecule has 140 valence electrons. The highest BCUT2D eigenvalue weighted by molar-refractivity contribution is 7.85. The number of carbonyl (C=O) groups is 1. The number of para-hydroxylation sites is 1. The maximum Gasteiger partial charge on any atom is 0.294 e. The van der Waals surface area contributed by atoms with Crippen molar-refractivity contribution in [2.45, 2.75) is 4.90 Å². The molecule has 0 bridgehead atoms. The van der Waals surface area contributed by atoms with E-state index in [4.69, 9.17) is 0 Å². The molecular weight excluding hydrogens is 366 g/mol.